The number of cyclic esters (lactones) is 1. The fourth-order valence-corrected chi connectivity index (χ4v) is 3.58. The van der Waals surface area contributed by atoms with Crippen LogP contribution in [-0.4, -0.2) is 53.4 Å². The Kier molecular flexibility index (Phi) is 3.57. The summed E-state index contributed by atoms with van der Waals surface area (Å²) in [6.07, 6.45) is -0.614. The molecule has 3 heterocycles. The van der Waals surface area contributed by atoms with Crippen LogP contribution >= 0.6 is 11.3 Å². The molecule has 6 nitrogen and oxygen atoms in total. The van der Waals surface area contributed by atoms with Crippen molar-refractivity contribution in [2.24, 2.45) is 0 Å². The van der Waals surface area contributed by atoms with Crippen LogP contribution in [0, 0.1) is 0 Å². The van der Waals surface area contributed by atoms with Crippen LogP contribution in [-0.2, 0) is 9.53 Å². The third-order valence-electron chi connectivity index (χ3n) is 4.29. The molecule has 0 saturated carbocycles. The fraction of sp³-hybridized carbons (Fsp3) is 0.235. The Labute approximate surface area is 142 Å². The van der Waals surface area contributed by atoms with Crippen LogP contribution in [0.2, 0.25) is 0 Å². The van der Waals surface area contributed by atoms with Crippen LogP contribution in [0.25, 0.3) is 11.1 Å². The van der Waals surface area contributed by atoms with E-state index in [4.69, 9.17) is 4.74 Å². The Bertz CT molecular complexity index is 779. The minimum atomic E-state index is -0.614. The molecule has 0 N–H and O–H groups in total. The van der Waals surface area contributed by atoms with Gasteiger partial charge in [0.2, 0.25) is 0 Å². The Morgan fingerprint density at radius 1 is 1.08 bits per heavy atom. The SMILES string of the molecule is O=C(c1ccc(-c2ccsc2)cc1)N1CC(N2C(=O)COC2=O)C1. The van der Waals surface area contributed by atoms with E-state index in [2.05, 4.69) is 5.38 Å². The van der Waals surface area contributed by atoms with E-state index in [0.29, 0.717) is 18.7 Å². The molecule has 2 aliphatic heterocycles. The standard InChI is InChI=1S/C17H14N2O4S/c20-15-9-23-17(22)19(15)14-7-18(8-14)16(21)12-3-1-11(2-4-12)13-5-6-24-10-13/h1-6,10,14H,7-9H2. The van der Waals surface area contributed by atoms with Gasteiger partial charge in [-0.1, -0.05) is 12.1 Å². The number of thiophene rings is 1. The molecule has 2 fully saturated rings. The summed E-state index contributed by atoms with van der Waals surface area (Å²) in [5.74, 6) is -0.430. The monoisotopic (exact) mass is 342 g/mol. The van der Waals surface area contributed by atoms with Crippen LogP contribution in [0.3, 0.4) is 0 Å². The summed E-state index contributed by atoms with van der Waals surface area (Å²) in [4.78, 5) is 38.3. The maximum atomic E-state index is 12.5. The third-order valence-corrected chi connectivity index (χ3v) is 4.97. The van der Waals surface area contributed by atoms with Gasteiger partial charge in [-0.25, -0.2) is 9.69 Å². The van der Waals surface area contributed by atoms with Gasteiger partial charge < -0.3 is 9.64 Å². The lowest BCUT2D eigenvalue weighted by molar-refractivity contribution is -0.129. The number of hydrogen-bond donors (Lipinski definition) is 0. The number of benzene rings is 1. The van der Waals surface area contributed by atoms with Gasteiger partial charge in [-0.15, -0.1) is 0 Å². The van der Waals surface area contributed by atoms with E-state index in [1.54, 1.807) is 28.4 Å². The molecular formula is C17H14N2O4S. The lowest BCUT2D eigenvalue weighted by Crippen LogP contribution is -2.62. The Balaban J connectivity index is 1.41. The van der Waals surface area contributed by atoms with Crippen molar-refractivity contribution in [1.82, 2.24) is 9.80 Å². The second kappa shape index (κ2) is 5.76. The summed E-state index contributed by atoms with van der Waals surface area (Å²) < 4.78 is 4.70. The zero-order valence-electron chi connectivity index (χ0n) is 12.7. The molecule has 2 aromatic rings. The van der Waals surface area contributed by atoms with Gasteiger partial charge in [0.25, 0.3) is 11.8 Å². The summed E-state index contributed by atoms with van der Waals surface area (Å²) in [6.45, 7) is 0.505. The highest BCUT2D eigenvalue weighted by molar-refractivity contribution is 7.08. The molecule has 0 unspecified atom stereocenters. The van der Waals surface area contributed by atoms with Gasteiger partial charge in [-0.3, -0.25) is 9.59 Å². The summed E-state index contributed by atoms with van der Waals surface area (Å²) in [6, 6.07) is 9.22. The molecule has 1 aromatic heterocycles. The van der Waals surface area contributed by atoms with Crippen LogP contribution in [0.1, 0.15) is 10.4 Å². The van der Waals surface area contributed by atoms with Crippen molar-refractivity contribution in [3.8, 4) is 11.1 Å². The highest BCUT2D eigenvalue weighted by atomic mass is 32.1. The number of nitrogens with zero attached hydrogens (tertiary/aromatic N) is 2. The van der Waals surface area contributed by atoms with Gasteiger partial charge in [-0.2, -0.15) is 11.3 Å². The molecule has 0 atom stereocenters. The zero-order chi connectivity index (χ0) is 16.7. The molecule has 0 aliphatic carbocycles. The molecule has 0 bridgehead atoms. The highest BCUT2D eigenvalue weighted by Gasteiger charge is 2.44. The largest absolute Gasteiger partial charge is 0.439 e. The first-order valence-corrected chi connectivity index (χ1v) is 8.48. The summed E-state index contributed by atoms with van der Waals surface area (Å²) in [7, 11) is 0. The average molecular weight is 342 g/mol. The van der Waals surface area contributed by atoms with Gasteiger partial charge in [0.15, 0.2) is 6.61 Å². The molecule has 2 aliphatic rings. The molecule has 0 spiro atoms. The third kappa shape index (κ3) is 2.46. The Morgan fingerprint density at radius 3 is 2.42 bits per heavy atom. The van der Waals surface area contributed by atoms with Gasteiger partial charge in [0.1, 0.15) is 0 Å². The van der Waals surface area contributed by atoms with Gasteiger partial charge >= 0.3 is 6.09 Å². The molecule has 122 valence electrons. The van der Waals surface area contributed by atoms with E-state index >= 15 is 0 Å². The number of likely N-dealkylation sites (tertiary alicyclic amines) is 1. The van der Waals surface area contributed by atoms with E-state index < -0.39 is 6.09 Å². The Hall–Kier alpha value is -2.67. The molecule has 0 radical (unpaired) electrons. The lowest BCUT2D eigenvalue weighted by atomic mass is 10.0. The van der Waals surface area contributed by atoms with Gasteiger partial charge in [-0.05, 0) is 40.1 Å². The number of carbonyl (C=O) groups excluding carboxylic acids is 3. The Morgan fingerprint density at radius 2 is 1.83 bits per heavy atom. The number of ether oxygens (including phenoxy) is 1. The predicted molar refractivity (Wildman–Crippen MR) is 87.6 cm³/mol. The van der Waals surface area contributed by atoms with Crippen molar-refractivity contribution in [2.45, 2.75) is 6.04 Å². The predicted octanol–water partition coefficient (Wildman–Crippen LogP) is 2.22. The number of carbonyl (C=O) groups is 3. The maximum Gasteiger partial charge on any atom is 0.417 e. The number of imide groups is 1. The van der Waals surface area contributed by atoms with Crippen molar-refractivity contribution >= 4 is 29.2 Å². The summed E-state index contributed by atoms with van der Waals surface area (Å²) in [5.41, 5.74) is 2.80. The zero-order valence-corrected chi connectivity index (χ0v) is 13.5. The number of amides is 3. The highest BCUT2D eigenvalue weighted by Crippen LogP contribution is 2.25. The first kappa shape index (κ1) is 14.9. The summed E-state index contributed by atoms with van der Waals surface area (Å²) >= 11 is 1.63. The first-order valence-electron chi connectivity index (χ1n) is 7.54. The second-order valence-corrected chi connectivity index (χ2v) is 6.55. The number of hydrogen-bond acceptors (Lipinski definition) is 5. The maximum absolute atomic E-state index is 12.5. The van der Waals surface area contributed by atoms with Crippen molar-refractivity contribution in [1.29, 1.82) is 0 Å². The van der Waals surface area contributed by atoms with Crippen LogP contribution < -0.4 is 0 Å². The molecule has 4 rings (SSSR count). The van der Waals surface area contributed by atoms with E-state index in [0.717, 1.165) is 16.0 Å². The molecule has 1 aromatic carbocycles. The lowest BCUT2D eigenvalue weighted by Gasteiger charge is -2.41. The van der Waals surface area contributed by atoms with Crippen LogP contribution in [0.4, 0.5) is 4.79 Å². The summed E-state index contributed by atoms with van der Waals surface area (Å²) in [5, 5.41) is 4.07. The minimum absolute atomic E-state index is 0.0943. The second-order valence-electron chi connectivity index (χ2n) is 5.77. The molecule has 2 saturated heterocycles. The molecular weight excluding hydrogens is 328 g/mol. The molecule has 3 amide bonds. The smallest absolute Gasteiger partial charge is 0.417 e. The van der Waals surface area contributed by atoms with E-state index in [9.17, 15) is 14.4 Å². The van der Waals surface area contributed by atoms with Gasteiger partial charge in [0.05, 0.1) is 6.04 Å². The van der Waals surface area contributed by atoms with Crippen molar-refractivity contribution in [3.05, 3.63) is 46.7 Å². The van der Waals surface area contributed by atoms with E-state index in [1.807, 2.05) is 23.6 Å². The molecule has 7 heteroatoms. The number of rotatable bonds is 3. The van der Waals surface area contributed by atoms with Crippen molar-refractivity contribution in [3.63, 3.8) is 0 Å². The average Bonchev–Trinajstić information content (AvgIpc) is 3.19. The van der Waals surface area contributed by atoms with Crippen LogP contribution in [0.5, 0.6) is 0 Å². The van der Waals surface area contributed by atoms with Crippen molar-refractivity contribution in [2.75, 3.05) is 19.7 Å². The fourth-order valence-electron chi connectivity index (χ4n) is 2.92. The molecule has 24 heavy (non-hydrogen) atoms. The van der Waals surface area contributed by atoms with E-state index in [1.165, 1.54) is 0 Å². The van der Waals surface area contributed by atoms with Gasteiger partial charge in [0, 0.05) is 18.7 Å². The van der Waals surface area contributed by atoms with E-state index in [-0.39, 0.29) is 24.5 Å². The minimum Gasteiger partial charge on any atom is -0.439 e. The normalized spacial score (nSPS) is 17.8. The van der Waals surface area contributed by atoms with Crippen molar-refractivity contribution < 1.29 is 19.1 Å². The quantitative estimate of drug-likeness (QED) is 0.858. The first-order chi connectivity index (χ1) is 11.6. The van der Waals surface area contributed by atoms with Crippen LogP contribution in [0.15, 0.2) is 41.1 Å². The topological polar surface area (TPSA) is 66.9 Å².